The Labute approximate surface area is 170 Å². The maximum atomic E-state index is 12.8. The fourth-order valence-corrected chi connectivity index (χ4v) is 4.37. The third-order valence-corrected chi connectivity index (χ3v) is 6.16. The first-order chi connectivity index (χ1) is 13.0. The van der Waals surface area contributed by atoms with Crippen molar-refractivity contribution in [2.45, 2.75) is 24.0 Å². The molecule has 0 saturated carbocycles. The number of methoxy groups -OCH3 is 1. The van der Waals surface area contributed by atoms with Gasteiger partial charge in [0.25, 0.3) is 0 Å². The number of rotatable bonds is 5. The molecule has 1 fully saturated rings. The number of ether oxygens (including phenoxy) is 1. The lowest BCUT2D eigenvalue weighted by Crippen LogP contribution is -2.50. The quantitative estimate of drug-likeness (QED) is 0.687. The second-order valence-electron chi connectivity index (χ2n) is 6.68. The van der Waals surface area contributed by atoms with E-state index in [1.165, 1.54) is 5.56 Å². The summed E-state index contributed by atoms with van der Waals surface area (Å²) in [6.45, 7) is 7.19. The van der Waals surface area contributed by atoms with Gasteiger partial charge in [0.2, 0.25) is 5.91 Å². The minimum Gasteiger partial charge on any atom is -0.497 e. The minimum absolute atomic E-state index is 0.113. The summed E-state index contributed by atoms with van der Waals surface area (Å²) in [7, 11) is 1.65. The van der Waals surface area contributed by atoms with Crippen molar-refractivity contribution in [1.82, 2.24) is 4.90 Å². The van der Waals surface area contributed by atoms with Crippen LogP contribution >= 0.6 is 23.4 Å². The number of benzene rings is 2. The first-order valence-corrected chi connectivity index (χ1v) is 10.3. The van der Waals surface area contributed by atoms with Crippen LogP contribution in [0.1, 0.15) is 12.5 Å². The smallest absolute Gasteiger partial charge is 0.235 e. The highest BCUT2D eigenvalue weighted by Gasteiger charge is 2.26. The summed E-state index contributed by atoms with van der Waals surface area (Å²) in [6, 6.07) is 13.8. The Morgan fingerprint density at radius 3 is 2.41 bits per heavy atom. The molecule has 0 aliphatic carbocycles. The third-order valence-electron chi connectivity index (χ3n) is 4.82. The zero-order chi connectivity index (χ0) is 19.4. The third kappa shape index (κ3) is 4.90. The van der Waals surface area contributed by atoms with Gasteiger partial charge in [0.1, 0.15) is 5.75 Å². The molecule has 1 amide bonds. The van der Waals surface area contributed by atoms with Crippen LogP contribution in [0, 0.1) is 6.92 Å². The molecule has 27 heavy (non-hydrogen) atoms. The van der Waals surface area contributed by atoms with E-state index in [1.54, 1.807) is 18.9 Å². The zero-order valence-electron chi connectivity index (χ0n) is 15.9. The van der Waals surface area contributed by atoms with E-state index in [4.69, 9.17) is 16.3 Å². The summed E-state index contributed by atoms with van der Waals surface area (Å²) >= 11 is 7.74. The lowest BCUT2D eigenvalue weighted by Gasteiger charge is -2.37. The zero-order valence-corrected chi connectivity index (χ0v) is 17.5. The predicted octanol–water partition coefficient (Wildman–Crippen LogP) is 4.49. The molecular formula is C21H25ClN2O2S. The van der Waals surface area contributed by atoms with Crippen LogP contribution in [0.3, 0.4) is 0 Å². The van der Waals surface area contributed by atoms with Gasteiger partial charge in [0.05, 0.1) is 12.4 Å². The minimum atomic E-state index is -0.113. The monoisotopic (exact) mass is 404 g/mol. The maximum absolute atomic E-state index is 12.8. The van der Waals surface area contributed by atoms with Crippen LogP contribution in [0.15, 0.2) is 47.4 Å². The van der Waals surface area contributed by atoms with Crippen LogP contribution in [0.2, 0.25) is 5.02 Å². The molecular weight excluding hydrogens is 380 g/mol. The molecule has 0 bridgehead atoms. The van der Waals surface area contributed by atoms with E-state index in [0.717, 1.165) is 47.5 Å². The largest absolute Gasteiger partial charge is 0.497 e. The molecule has 1 unspecified atom stereocenters. The van der Waals surface area contributed by atoms with Gasteiger partial charge in [0.15, 0.2) is 0 Å². The topological polar surface area (TPSA) is 32.8 Å². The molecule has 1 atom stereocenters. The fraction of sp³-hybridized carbons (Fsp3) is 0.381. The second kappa shape index (κ2) is 8.89. The van der Waals surface area contributed by atoms with Crippen LogP contribution < -0.4 is 9.64 Å². The van der Waals surface area contributed by atoms with Crippen molar-refractivity contribution >= 4 is 35.0 Å². The number of halogens is 1. The Morgan fingerprint density at radius 1 is 1.11 bits per heavy atom. The van der Waals surface area contributed by atoms with Crippen LogP contribution in [-0.2, 0) is 4.79 Å². The van der Waals surface area contributed by atoms with Gasteiger partial charge in [0, 0.05) is 41.8 Å². The second-order valence-corrected chi connectivity index (χ2v) is 8.53. The molecule has 1 aliphatic rings. The standard InChI is InChI=1S/C21H25ClN2O2S/c1-15-4-5-17(22)14-20(15)23-10-12-24(13-11-23)21(25)16(2)27-19-8-6-18(26-3)7-9-19/h4-9,14,16H,10-13H2,1-3H3. The Morgan fingerprint density at radius 2 is 1.78 bits per heavy atom. The van der Waals surface area contributed by atoms with Crippen LogP contribution in [0.4, 0.5) is 5.69 Å². The number of piperazine rings is 1. The number of aryl methyl sites for hydroxylation is 1. The summed E-state index contributed by atoms with van der Waals surface area (Å²) in [4.78, 5) is 18.2. The van der Waals surface area contributed by atoms with Crippen LogP contribution in [0.5, 0.6) is 5.75 Å². The van der Waals surface area contributed by atoms with Gasteiger partial charge in [-0.05, 0) is 55.8 Å². The number of amides is 1. The van der Waals surface area contributed by atoms with E-state index < -0.39 is 0 Å². The first kappa shape index (κ1) is 19.9. The Kier molecular flexibility index (Phi) is 6.55. The van der Waals surface area contributed by atoms with E-state index in [0.29, 0.717) is 0 Å². The van der Waals surface area contributed by atoms with Crippen LogP contribution in [0.25, 0.3) is 0 Å². The van der Waals surface area contributed by atoms with Crippen molar-refractivity contribution in [1.29, 1.82) is 0 Å². The number of anilines is 1. The van der Waals surface area contributed by atoms with Crippen molar-refractivity contribution in [3.05, 3.63) is 53.1 Å². The molecule has 144 valence electrons. The van der Waals surface area contributed by atoms with E-state index >= 15 is 0 Å². The lowest BCUT2D eigenvalue weighted by atomic mass is 10.1. The van der Waals surface area contributed by atoms with Gasteiger partial charge in [-0.25, -0.2) is 0 Å². The average Bonchev–Trinajstić information content (AvgIpc) is 2.70. The van der Waals surface area contributed by atoms with E-state index in [1.807, 2.05) is 54.3 Å². The van der Waals surface area contributed by atoms with Crippen LogP contribution in [-0.4, -0.2) is 49.3 Å². The summed E-state index contributed by atoms with van der Waals surface area (Å²) in [5.74, 6) is 1.02. The molecule has 3 rings (SSSR count). The van der Waals surface area contributed by atoms with Crippen molar-refractivity contribution in [3.8, 4) is 5.75 Å². The molecule has 2 aromatic rings. The van der Waals surface area contributed by atoms with E-state index in [9.17, 15) is 4.79 Å². The molecule has 4 nitrogen and oxygen atoms in total. The van der Waals surface area contributed by atoms with Crippen molar-refractivity contribution in [2.24, 2.45) is 0 Å². The Bertz CT molecular complexity index is 789. The van der Waals surface area contributed by atoms with Gasteiger partial charge in [-0.2, -0.15) is 0 Å². The number of hydrogen-bond donors (Lipinski definition) is 0. The molecule has 1 heterocycles. The summed E-state index contributed by atoms with van der Waals surface area (Å²) < 4.78 is 5.18. The normalized spacial score (nSPS) is 15.6. The first-order valence-electron chi connectivity index (χ1n) is 9.08. The number of hydrogen-bond acceptors (Lipinski definition) is 4. The highest BCUT2D eigenvalue weighted by Crippen LogP contribution is 2.28. The van der Waals surface area contributed by atoms with Crippen molar-refractivity contribution in [3.63, 3.8) is 0 Å². The summed E-state index contributed by atoms with van der Waals surface area (Å²) in [6.07, 6.45) is 0. The van der Waals surface area contributed by atoms with Gasteiger partial charge >= 0.3 is 0 Å². The van der Waals surface area contributed by atoms with Gasteiger partial charge in [-0.3, -0.25) is 4.79 Å². The van der Waals surface area contributed by atoms with E-state index in [2.05, 4.69) is 11.8 Å². The number of carbonyl (C=O) groups is 1. The van der Waals surface area contributed by atoms with Crippen molar-refractivity contribution < 1.29 is 9.53 Å². The molecule has 6 heteroatoms. The molecule has 0 spiro atoms. The highest BCUT2D eigenvalue weighted by atomic mass is 35.5. The van der Waals surface area contributed by atoms with Gasteiger partial charge in [-0.1, -0.05) is 17.7 Å². The Balaban J connectivity index is 1.56. The Hall–Kier alpha value is -1.85. The lowest BCUT2D eigenvalue weighted by molar-refractivity contribution is -0.130. The maximum Gasteiger partial charge on any atom is 0.235 e. The van der Waals surface area contributed by atoms with Crippen molar-refractivity contribution in [2.75, 3.05) is 38.2 Å². The van der Waals surface area contributed by atoms with E-state index in [-0.39, 0.29) is 11.2 Å². The fourth-order valence-electron chi connectivity index (χ4n) is 3.26. The predicted molar refractivity (Wildman–Crippen MR) is 113 cm³/mol. The number of carbonyl (C=O) groups excluding carboxylic acids is 1. The molecule has 0 radical (unpaired) electrons. The van der Waals surface area contributed by atoms with Gasteiger partial charge in [-0.15, -0.1) is 11.8 Å². The number of thioether (sulfide) groups is 1. The average molecular weight is 405 g/mol. The molecule has 1 saturated heterocycles. The molecule has 1 aliphatic heterocycles. The number of nitrogens with zero attached hydrogens (tertiary/aromatic N) is 2. The summed E-state index contributed by atoms with van der Waals surface area (Å²) in [5.41, 5.74) is 2.37. The summed E-state index contributed by atoms with van der Waals surface area (Å²) in [5, 5.41) is 0.636. The van der Waals surface area contributed by atoms with Gasteiger partial charge < -0.3 is 14.5 Å². The highest BCUT2D eigenvalue weighted by molar-refractivity contribution is 8.00. The molecule has 2 aromatic carbocycles. The SMILES string of the molecule is COc1ccc(SC(C)C(=O)N2CCN(c3cc(Cl)ccc3C)CC2)cc1. The molecule has 0 N–H and O–H groups in total. The molecule has 0 aromatic heterocycles.